The van der Waals surface area contributed by atoms with Gasteiger partial charge in [0.25, 0.3) is 0 Å². The maximum atomic E-state index is 12.0. The molecule has 1 heterocycles. The minimum Gasteiger partial charge on any atom is -0.325 e. The molecular formula is C15H24ClN3O. The molecule has 0 aliphatic carbocycles. The van der Waals surface area contributed by atoms with Crippen molar-refractivity contribution in [2.45, 2.75) is 20.3 Å². The smallest absolute Gasteiger partial charge is 0.238 e. The maximum absolute atomic E-state index is 12.0. The van der Waals surface area contributed by atoms with Gasteiger partial charge in [-0.05, 0) is 56.6 Å². The predicted octanol–water partition coefficient (Wildman–Crippen LogP) is 1.96. The summed E-state index contributed by atoms with van der Waals surface area (Å²) in [6.45, 7) is 8.53. The number of aryl methyl sites for hydroxylation is 2. The van der Waals surface area contributed by atoms with Crippen molar-refractivity contribution in [3.63, 3.8) is 0 Å². The summed E-state index contributed by atoms with van der Waals surface area (Å²) < 4.78 is 0. The van der Waals surface area contributed by atoms with Gasteiger partial charge in [0.15, 0.2) is 0 Å². The lowest BCUT2D eigenvalue weighted by Gasteiger charge is -2.18. The van der Waals surface area contributed by atoms with Crippen LogP contribution in [0.15, 0.2) is 18.2 Å². The van der Waals surface area contributed by atoms with E-state index in [0.717, 1.165) is 38.3 Å². The molecule has 2 rings (SSSR count). The van der Waals surface area contributed by atoms with Gasteiger partial charge in [-0.1, -0.05) is 6.07 Å². The monoisotopic (exact) mass is 297 g/mol. The zero-order chi connectivity index (χ0) is 13.7. The van der Waals surface area contributed by atoms with Gasteiger partial charge in [0.1, 0.15) is 0 Å². The number of anilines is 1. The molecule has 4 nitrogen and oxygen atoms in total. The van der Waals surface area contributed by atoms with E-state index in [-0.39, 0.29) is 18.3 Å². The predicted molar refractivity (Wildman–Crippen MR) is 85.7 cm³/mol. The Bertz CT molecular complexity index is 422. The van der Waals surface area contributed by atoms with Gasteiger partial charge in [0.05, 0.1) is 6.54 Å². The van der Waals surface area contributed by atoms with E-state index in [1.165, 1.54) is 11.1 Å². The minimum absolute atomic E-state index is 0. The summed E-state index contributed by atoms with van der Waals surface area (Å²) in [5.74, 6) is 0.0758. The molecule has 0 spiro atoms. The summed E-state index contributed by atoms with van der Waals surface area (Å²) in [6, 6.07) is 6.12. The second-order valence-corrected chi connectivity index (χ2v) is 5.30. The maximum Gasteiger partial charge on any atom is 0.238 e. The molecule has 112 valence electrons. The van der Waals surface area contributed by atoms with Gasteiger partial charge in [-0.3, -0.25) is 9.69 Å². The molecule has 1 aliphatic rings. The minimum atomic E-state index is 0. The van der Waals surface area contributed by atoms with E-state index in [1.807, 2.05) is 26.0 Å². The van der Waals surface area contributed by atoms with E-state index in [2.05, 4.69) is 21.6 Å². The SMILES string of the molecule is Cc1cc(C)cc(NC(=O)CN2CCCNCC2)c1.Cl. The summed E-state index contributed by atoms with van der Waals surface area (Å²) in [5, 5.41) is 6.33. The third kappa shape index (κ3) is 5.49. The Kier molecular flexibility index (Phi) is 6.99. The quantitative estimate of drug-likeness (QED) is 0.896. The molecule has 1 aromatic carbocycles. The fourth-order valence-electron chi connectivity index (χ4n) is 2.51. The number of hydrogen-bond acceptors (Lipinski definition) is 3. The number of rotatable bonds is 3. The molecule has 2 N–H and O–H groups in total. The Labute approximate surface area is 127 Å². The van der Waals surface area contributed by atoms with Crippen LogP contribution in [0.4, 0.5) is 5.69 Å². The molecule has 0 bridgehead atoms. The Morgan fingerprint density at radius 1 is 1.20 bits per heavy atom. The molecule has 5 heteroatoms. The first-order valence-corrected chi connectivity index (χ1v) is 6.95. The summed E-state index contributed by atoms with van der Waals surface area (Å²) in [7, 11) is 0. The first kappa shape index (κ1) is 17.0. The van der Waals surface area contributed by atoms with E-state index in [9.17, 15) is 4.79 Å². The van der Waals surface area contributed by atoms with Crippen molar-refractivity contribution in [3.05, 3.63) is 29.3 Å². The number of hydrogen-bond donors (Lipinski definition) is 2. The van der Waals surface area contributed by atoms with Crippen molar-refractivity contribution < 1.29 is 4.79 Å². The van der Waals surface area contributed by atoms with Gasteiger partial charge in [0.2, 0.25) is 5.91 Å². The van der Waals surface area contributed by atoms with Crippen LogP contribution in [0.3, 0.4) is 0 Å². The molecule has 0 saturated carbocycles. The lowest BCUT2D eigenvalue weighted by atomic mass is 10.1. The number of benzene rings is 1. The lowest BCUT2D eigenvalue weighted by molar-refractivity contribution is -0.117. The fourth-order valence-corrected chi connectivity index (χ4v) is 2.51. The number of halogens is 1. The first-order valence-electron chi connectivity index (χ1n) is 6.95. The summed E-state index contributed by atoms with van der Waals surface area (Å²) in [4.78, 5) is 14.2. The molecule has 1 aromatic rings. The van der Waals surface area contributed by atoms with Gasteiger partial charge in [-0.2, -0.15) is 0 Å². The van der Waals surface area contributed by atoms with Crippen LogP contribution in [-0.4, -0.2) is 43.5 Å². The molecule has 1 fully saturated rings. The van der Waals surface area contributed by atoms with E-state index < -0.39 is 0 Å². The molecule has 0 atom stereocenters. The molecule has 0 unspecified atom stereocenters. The highest BCUT2D eigenvalue weighted by Crippen LogP contribution is 2.13. The van der Waals surface area contributed by atoms with Crippen LogP contribution in [0.5, 0.6) is 0 Å². The van der Waals surface area contributed by atoms with Gasteiger partial charge >= 0.3 is 0 Å². The van der Waals surface area contributed by atoms with Crippen molar-refractivity contribution in [2.24, 2.45) is 0 Å². The van der Waals surface area contributed by atoms with Crippen molar-refractivity contribution in [2.75, 3.05) is 38.0 Å². The molecular weight excluding hydrogens is 274 g/mol. The van der Waals surface area contributed by atoms with Crippen LogP contribution in [-0.2, 0) is 4.79 Å². The summed E-state index contributed by atoms with van der Waals surface area (Å²) >= 11 is 0. The van der Waals surface area contributed by atoms with E-state index in [0.29, 0.717) is 6.54 Å². The fraction of sp³-hybridized carbons (Fsp3) is 0.533. The van der Waals surface area contributed by atoms with Gasteiger partial charge in [-0.25, -0.2) is 0 Å². The Morgan fingerprint density at radius 3 is 2.60 bits per heavy atom. The zero-order valence-electron chi connectivity index (χ0n) is 12.2. The topological polar surface area (TPSA) is 44.4 Å². The van der Waals surface area contributed by atoms with Crippen molar-refractivity contribution in [1.82, 2.24) is 10.2 Å². The second-order valence-electron chi connectivity index (χ2n) is 5.30. The van der Waals surface area contributed by atoms with Crippen LogP contribution in [0.25, 0.3) is 0 Å². The highest BCUT2D eigenvalue weighted by molar-refractivity contribution is 5.92. The molecule has 1 aliphatic heterocycles. The molecule has 0 aromatic heterocycles. The van der Waals surface area contributed by atoms with Gasteiger partial charge in [-0.15, -0.1) is 12.4 Å². The van der Waals surface area contributed by atoms with Gasteiger partial charge < -0.3 is 10.6 Å². The van der Waals surface area contributed by atoms with Crippen molar-refractivity contribution >= 4 is 24.0 Å². The standard InChI is InChI=1S/C15H23N3O.ClH/c1-12-8-13(2)10-14(9-12)17-15(19)11-18-6-3-4-16-5-7-18;/h8-10,16H,3-7,11H2,1-2H3,(H,17,19);1H. The van der Waals surface area contributed by atoms with E-state index >= 15 is 0 Å². The van der Waals surface area contributed by atoms with Crippen LogP contribution < -0.4 is 10.6 Å². The van der Waals surface area contributed by atoms with Crippen LogP contribution in [0.1, 0.15) is 17.5 Å². The van der Waals surface area contributed by atoms with Crippen LogP contribution >= 0.6 is 12.4 Å². The Hall–Kier alpha value is -1.10. The lowest BCUT2D eigenvalue weighted by Crippen LogP contribution is -2.35. The zero-order valence-corrected chi connectivity index (χ0v) is 13.1. The van der Waals surface area contributed by atoms with Crippen LogP contribution in [0, 0.1) is 13.8 Å². The third-order valence-corrected chi connectivity index (χ3v) is 3.31. The number of amides is 1. The van der Waals surface area contributed by atoms with Gasteiger partial charge in [0, 0.05) is 18.8 Å². The average molecular weight is 298 g/mol. The van der Waals surface area contributed by atoms with Crippen molar-refractivity contribution in [1.29, 1.82) is 0 Å². The average Bonchev–Trinajstić information content (AvgIpc) is 2.55. The van der Waals surface area contributed by atoms with E-state index in [4.69, 9.17) is 0 Å². The molecule has 20 heavy (non-hydrogen) atoms. The third-order valence-electron chi connectivity index (χ3n) is 3.31. The molecule has 1 saturated heterocycles. The normalized spacial score (nSPS) is 16.1. The molecule has 0 radical (unpaired) electrons. The number of nitrogens with one attached hydrogen (secondary N) is 2. The number of carbonyl (C=O) groups is 1. The first-order chi connectivity index (χ1) is 9.13. The number of nitrogens with zero attached hydrogens (tertiary/aromatic N) is 1. The van der Waals surface area contributed by atoms with Crippen molar-refractivity contribution in [3.8, 4) is 0 Å². The van der Waals surface area contributed by atoms with E-state index in [1.54, 1.807) is 0 Å². The molecule has 1 amide bonds. The Balaban J connectivity index is 0.00000200. The van der Waals surface area contributed by atoms with Crippen LogP contribution in [0.2, 0.25) is 0 Å². The highest BCUT2D eigenvalue weighted by atomic mass is 35.5. The highest BCUT2D eigenvalue weighted by Gasteiger charge is 2.12. The Morgan fingerprint density at radius 2 is 1.90 bits per heavy atom. The number of carbonyl (C=O) groups excluding carboxylic acids is 1. The largest absolute Gasteiger partial charge is 0.325 e. The second kappa shape index (κ2) is 8.25. The summed E-state index contributed by atoms with van der Waals surface area (Å²) in [5.41, 5.74) is 3.25. The summed E-state index contributed by atoms with van der Waals surface area (Å²) in [6.07, 6.45) is 1.11.